The average molecular weight is 306 g/mol. The number of amides is 2. The molecule has 0 aromatic heterocycles. The molecule has 0 unspecified atom stereocenters. The minimum Gasteiger partial charge on any atom is -0.328 e. The molecule has 0 saturated carbocycles. The Morgan fingerprint density at radius 3 is 2.52 bits per heavy atom. The fourth-order valence-electron chi connectivity index (χ4n) is 1.76. The first-order chi connectivity index (χ1) is 9.77. The summed E-state index contributed by atoms with van der Waals surface area (Å²) in [5, 5.41) is 2.16. The van der Waals surface area contributed by atoms with E-state index in [1.165, 1.54) is 11.9 Å². The Bertz CT molecular complexity index is 488. The van der Waals surface area contributed by atoms with Crippen LogP contribution in [0.15, 0.2) is 18.2 Å². The molecule has 0 aliphatic rings. The second-order valence-corrected chi connectivity index (χ2v) is 4.72. The van der Waals surface area contributed by atoms with Crippen LogP contribution in [0.4, 0.5) is 28.0 Å². The van der Waals surface area contributed by atoms with E-state index in [0.29, 0.717) is 12.6 Å². The van der Waals surface area contributed by atoms with Crippen molar-refractivity contribution in [1.29, 1.82) is 0 Å². The molecule has 1 N–H and O–H groups in total. The summed E-state index contributed by atoms with van der Waals surface area (Å²) >= 11 is 0. The van der Waals surface area contributed by atoms with Gasteiger partial charge in [-0.05, 0) is 18.6 Å². The molecule has 0 heterocycles. The topological polar surface area (TPSA) is 32.3 Å². The first kappa shape index (κ1) is 17.3. The molecule has 2 amide bonds. The van der Waals surface area contributed by atoms with E-state index in [0.717, 1.165) is 31.4 Å². The third-order valence-electron chi connectivity index (χ3n) is 2.99. The second-order valence-electron chi connectivity index (χ2n) is 4.72. The number of benzene rings is 1. The van der Waals surface area contributed by atoms with Gasteiger partial charge in [0, 0.05) is 13.6 Å². The molecule has 0 fully saturated rings. The molecular weight excluding hydrogens is 288 g/mol. The Balaban J connectivity index is 2.77. The van der Waals surface area contributed by atoms with Gasteiger partial charge < -0.3 is 10.2 Å². The fourth-order valence-corrected chi connectivity index (χ4v) is 1.76. The van der Waals surface area contributed by atoms with Gasteiger partial charge in [-0.25, -0.2) is 9.18 Å². The van der Waals surface area contributed by atoms with Crippen molar-refractivity contribution < 1.29 is 22.4 Å². The molecule has 1 aromatic rings. The van der Waals surface area contributed by atoms with Gasteiger partial charge in [0.2, 0.25) is 0 Å². The van der Waals surface area contributed by atoms with Crippen LogP contribution >= 0.6 is 0 Å². The van der Waals surface area contributed by atoms with Gasteiger partial charge >= 0.3 is 12.2 Å². The molecule has 0 aliphatic carbocycles. The summed E-state index contributed by atoms with van der Waals surface area (Å²) in [6.45, 7) is 2.47. The molecular formula is C14H18F4N2O. The van der Waals surface area contributed by atoms with E-state index in [1.807, 2.05) is 6.92 Å². The maximum absolute atomic E-state index is 13.7. The van der Waals surface area contributed by atoms with Crippen molar-refractivity contribution in [3.63, 3.8) is 0 Å². The molecule has 3 nitrogen and oxygen atoms in total. The average Bonchev–Trinajstić information content (AvgIpc) is 2.39. The van der Waals surface area contributed by atoms with Gasteiger partial charge in [-0.15, -0.1) is 0 Å². The van der Waals surface area contributed by atoms with E-state index in [2.05, 4.69) is 5.32 Å². The highest BCUT2D eigenvalue weighted by Crippen LogP contribution is 2.33. The Hall–Kier alpha value is -1.79. The SMILES string of the molecule is CCCCCN(C)C(=O)Nc1cccc(C(F)(F)F)c1F. The predicted octanol–water partition coefficient (Wildman–Crippen LogP) is 4.50. The maximum atomic E-state index is 13.7. The summed E-state index contributed by atoms with van der Waals surface area (Å²) in [6.07, 6.45) is -2.09. The van der Waals surface area contributed by atoms with Crippen LogP contribution < -0.4 is 5.32 Å². The van der Waals surface area contributed by atoms with E-state index < -0.39 is 29.3 Å². The Labute approximate surface area is 120 Å². The van der Waals surface area contributed by atoms with Gasteiger partial charge in [0.1, 0.15) is 0 Å². The molecule has 21 heavy (non-hydrogen) atoms. The number of carbonyl (C=O) groups excluding carboxylic acids is 1. The first-order valence-electron chi connectivity index (χ1n) is 6.65. The van der Waals surface area contributed by atoms with Crippen LogP contribution in [0.1, 0.15) is 31.7 Å². The second kappa shape index (κ2) is 7.28. The monoisotopic (exact) mass is 306 g/mol. The van der Waals surface area contributed by atoms with Gasteiger partial charge in [-0.1, -0.05) is 25.8 Å². The molecule has 0 atom stereocenters. The smallest absolute Gasteiger partial charge is 0.328 e. The molecule has 0 spiro atoms. The number of hydrogen-bond donors (Lipinski definition) is 1. The molecule has 7 heteroatoms. The summed E-state index contributed by atoms with van der Waals surface area (Å²) in [6, 6.07) is 2.15. The van der Waals surface area contributed by atoms with Crippen molar-refractivity contribution in [2.75, 3.05) is 18.9 Å². The van der Waals surface area contributed by atoms with Crippen LogP contribution in [0.3, 0.4) is 0 Å². The van der Waals surface area contributed by atoms with Crippen molar-refractivity contribution in [3.05, 3.63) is 29.6 Å². The number of anilines is 1. The Morgan fingerprint density at radius 2 is 1.95 bits per heavy atom. The van der Waals surface area contributed by atoms with E-state index >= 15 is 0 Å². The zero-order chi connectivity index (χ0) is 16.0. The lowest BCUT2D eigenvalue weighted by Gasteiger charge is -2.19. The normalized spacial score (nSPS) is 11.3. The van der Waals surface area contributed by atoms with Crippen molar-refractivity contribution in [1.82, 2.24) is 4.90 Å². The number of hydrogen-bond acceptors (Lipinski definition) is 1. The van der Waals surface area contributed by atoms with Crippen molar-refractivity contribution in [3.8, 4) is 0 Å². The van der Waals surface area contributed by atoms with Crippen LogP contribution in [-0.4, -0.2) is 24.5 Å². The van der Waals surface area contributed by atoms with Crippen molar-refractivity contribution in [2.45, 2.75) is 32.4 Å². The van der Waals surface area contributed by atoms with Gasteiger partial charge in [0.05, 0.1) is 11.3 Å². The highest BCUT2D eigenvalue weighted by molar-refractivity contribution is 5.89. The lowest BCUT2D eigenvalue weighted by molar-refractivity contribution is -0.139. The Kier molecular flexibility index (Phi) is 5.99. The van der Waals surface area contributed by atoms with E-state index in [9.17, 15) is 22.4 Å². The number of nitrogens with zero attached hydrogens (tertiary/aromatic N) is 1. The van der Waals surface area contributed by atoms with E-state index in [-0.39, 0.29) is 0 Å². The highest BCUT2D eigenvalue weighted by atomic mass is 19.4. The standard InChI is InChI=1S/C14H18F4N2O/c1-3-4-5-9-20(2)13(21)19-11-8-6-7-10(12(11)15)14(16,17)18/h6-8H,3-5,9H2,1-2H3,(H,19,21). The predicted molar refractivity (Wildman–Crippen MR) is 72.6 cm³/mol. The number of nitrogens with one attached hydrogen (secondary N) is 1. The van der Waals surface area contributed by atoms with E-state index in [4.69, 9.17) is 0 Å². The number of carbonyl (C=O) groups is 1. The quantitative estimate of drug-likeness (QED) is 0.630. The number of unbranched alkanes of at least 4 members (excludes halogenated alkanes) is 2. The number of alkyl halides is 3. The van der Waals surface area contributed by atoms with Crippen LogP contribution in [0, 0.1) is 5.82 Å². The van der Waals surface area contributed by atoms with Gasteiger partial charge in [0.25, 0.3) is 0 Å². The molecule has 1 aromatic carbocycles. The van der Waals surface area contributed by atoms with Gasteiger partial charge in [-0.3, -0.25) is 0 Å². The minimum absolute atomic E-state index is 0.459. The van der Waals surface area contributed by atoms with Crippen LogP contribution in [0.5, 0.6) is 0 Å². The zero-order valence-electron chi connectivity index (χ0n) is 11.9. The Morgan fingerprint density at radius 1 is 1.29 bits per heavy atom. The van der Waals surface area contributed by atoms with Crippen molar-refractivity contribution >= 4 is 11.7 Å². The molecule has 0 aliphatic heterocycles. The molecule has 1 rings (SSSR count). The van der Waals surface area contributed by atoms with Gasteiger partial charge in [-0.2, -0.15) is 13.2 Å². The first-order valence-corrected chi connectivity index (χ1v) is 6.65. The van der Waals surface area contributed by atoms with E-state index in [1.54, 1.807) is 0 Å². The number of urea groups is 1. The summed E-state index contributed by atoms with van der Waals surface area (Å²) in [5.74, 6) is -1.47. The number of halogens is 4. The summed E-state index contributed by atoms with van der Waals surface area (Å²) in [4.78, 5) is 13.1. The lowest BCUT2D eigenvalue weighted by Crippen LogP contribution is -2.32. The number of rotatable bonds is 5. The highest BCUT2D eigenvalue weighted by Gasteiger charge is 2.35. The van der Waals surface area contributed by atoms with Crippen LogP contribution in [0.2, 0.25) is 0 Å². The summed E-state index contributed by atoms with van der Waals surface area (Å²) in [5.41, 5.74) is -1.87. The third kappa shape index (κ3) is 4.91. The maximum Gasteiger partial charge on any atom is 0.419 e. The zero-order valence-corrected chi connectivity index (χ0v) is 11.9. The molecule has 118 valence electrons. The lowest BCUT2D eigenvalue weighted by atomic mass is 10.2. The summed E-state index contributed by atoms with van der Waals surface area (Å²) < 4.78 is 51.4. The molecule has 0 saturated heterocycles. The fraction of sp³-hybridized carbons (Fsp3) is 0.500. The minimum atomic E-state index is -4.79. The van der Waals surface area contributed by atoms with Gasteiger partial charge in [0.15, 0.2) is 5.82 Å². The van der Waals surface area contributed by atoms with Crippen molar-refractivity contribution in [2.24, 2.45) is 0 Å². The summed E-state index contributed by atoms with van der Waals surface area (Å²) in [7, 11) is 1.51. The van der Waals surface area contributed by atoms with Crippen LogP contribution in [0.25, 0.3) is 0 Å². The third-order valence-corrected chi connectivity index (χ3v) is 2.99. The largest absolute Gasteiger partial charge is 0.419 e. The molecule has 0 bridgehead atoms. The molecule has 0 radical (unpaired) electrons. The van der Waals surface area contributed by atoms with Crippen LogP contribution in [-0.2, 0) is 6.18 Å².